The van der Waals surface area contributed by atoms with Crippen LogP contribution in [0.5, 0.6) is 0 Å². The highest BCUT2D eigenvalue weighted by Crippen LogP contribution is 2.27. The number of aliphatic hydroxyl groups is 1. The fraction of sp³-hybridized carbons (Fsp3) is 0.500. The fourth-order valence-electron chi connectivity index (χ4n) is 2.95. The third-order valence-corrected chi connectivity index (χ3v) is 6.65. The lowest BCUT2D eigenvalue weighted by Crippen LogP contribution is -2.42. The second-order valence-corrected chi connectivity index (χ2v) is 8.95. The molecule has 0 spiro atoms. The number of thiophene rings is 2. The SMILES string of the molecule is CCNC(=NCC(O)c1ccc(Cl)s1)NCCN1CCc2sccc2C1. The molecule has 2 aromatic heterocycles. The second kappa shape index (κ2) is 9.71. The summed E-state index contributed by atoms with van der Waals surface area (Å²) in [5, 5.41) is 19.0. The van der Waals surface area contributed by atoms with E-state index in [9.17, 15) is 5.11 Å². The molecule has 3 rings (SSSR count). The number of aliphatic hydroxyl groups excluding tert-OH is 1. The fourth-order valence-corrected chi connectivity index (χ4v) is 4.87. The molecule has 1 aliphatic rings. The highest BCUT2D eigenvalue weighted by Gasteiger charge is 2.16. The standard InChI is InChI=1S/C18H25ClN4OS2/c1-2-20-18(22-11-14(24)16-3-4-17(19)26-16)21-7-9-23-8-5-15-13(12-23)6-10-25-15/h3-4,6,10,14,24H,2,5,7-9,11-12H2,1H3,(H2,20,21,22). The summed E-state index contributed by atoms with van der Waals surface area (Å²) in [5.41, 5.74) is 1.47. The Morgan fingerprint density at radius 1 is 1.38 bits per heavy atom. The van der Waals surface area contributed by atoms with Crippen molar-refractivity contribution in [3.8, 4) is 0 Å². The molecule has 0 saturated carbocycles. The number of guanidine groups is 1. The molecule has 0 bridgehead atoms. The van der Waals surface area contributed by atoms with Crippen LogP contribution in [-0.2, 0) is 13.0 Å². The topological polar surface area (TPSA) is 59.9 Å². The summed E-state index contributed by atoms with van der Waals surface area (Å²) < 4.78 is 0.684. The first-order chi connectivity index (χ1) is 12.7. The summed E-state index contributed by atoms with van der Waals surface area (Å²) in [5.74, 6) is 0.738. The Morgan fingerprint density at radius 2 is 2.27 bits per heavy atom. The van der Waals surface area contributed by atoms with Gasteiger partial charge in [-0.1, -0.05) is 11.6 Å². The van der Waals surface area contributed by atoms with E-state index in [1.807, 2.05) is 24.3 Å². The zero-order valence-corrected chi connectivity index (χ0v) is 17.3. The zero-order chi connectivity index (χ0) is 18.4. The lowest BCUT2D eigenvalue weighted by atomic mass is 10.1. The van der Waals surface area contributed by atoms with Crippen LogP contribution in [0.1, 0.15) is 28.3 Å². The third-order valence-electron chi connectivity index (χ3n) is 4.30. The van der Waals surface area contributed by atoms with E-state index >= 15 is 0 Å². The van der Waals surface area contributed by atoms with Gasteiger partial charge in [0.25, 0.3) is 0 Å². The first-order valence-electron chi connectivity index (χ1n) is 8.88. The molecule has 2 aromatic rings. The van der Waals surface area contributed by atoms with Crippen molar-refractivity contribution in [1.82, 2.24) is 15.5 Å². The Kier molecular flexibility index (Phi) is 7.33. The van der Waals surface area contributed by atoms with E-state index in [2.05, 4.69) is 32.0 Å². The van der Waals surface area contributed by atoms with Gasteiger partial charge in [-0.05, 0) is 42.5 Å². The molecule has 0 amide bonds. The Bertz CT molecular complexity index is 730. The van der Waals surface area contributed by atoms with Crippen molar-refractivity contribution in [2.24, 2.45) is 4.99 Å². The molecular formula is C18H25ClN4OS2. The molecule has 0 saturated heterocycles. The van der Waals surface area contributed by atoms with Crippen LogP contribution < -0.4 is 10.6 Å². The van der Waals surface area contributed by atoms with Crippen LogP contribution in [0.4, 0.5) is 0 Å². The summed E-state index contributed by atoms with van der Waals surface area (Å²) in [6.45, 7) is 7.08. The number of hydrogen-bond donors (Lipinski definition) is 3. The quantitative estimate of drug-likeness (QED) is 0.483. The lowest BCUT2D eigenvalue weighted by molar-refractivity contribution is 0.191. The number of hydrogen-bond acceptors (Lipinski definition) is 5. The maximum absolute atomic E-state index is 10.2. The van der Waals surface area contributed by atoms with Gasteiger partial charge in [-0.25, -0.2) is 0 Å². The minimum Gasteiger partial charge on any atom is -0.386 e. The average molecular weight is 413 g/mol. The van der Waals surface area contributed by atoms with Crippen LogP contribution >= 0.6 is 34.3 Å². The highest BCUT2D eigenvalue weighted by molar-refractivity contribution is 7.16. The van der Waals surface area contributed by atoms with E-state index < -0.39 is 6.10 Å². The average Bonchev–Trinajstić information content (AvgIpc) is 3.27. The molecule has 8 heteroatoms. The molecule has 26 heavy (non-hydrogen) atoms. The van der Waals surface area contributed by atoms with Crippen LogP contribution in [-0.4, -0.2) is 48.7 Å². The van der Waals surface area contributed by atoms with Gasteiger partial charge in [0.15, 0.2) is 5.96 Å². The van der Waals surface area contributed by atoms with Gasteiger partial charge in [0.1, 0.15) is 6.10 Å². The van der Waals surface area contributed by atoms with Gasteiger partial charge in [-0.2, -0.15) is 0 Å². The molecule has 0 radical (unpaired) electrons. The number of nitrogens with one attached hydrogen (secondary N) is 2. The van der Waals surface area contributed by atoms with Gasteiger partial charge in [-0.3, -0.25) is 9.89 Å². The molecule has 3 heterocycles. The number of aliphatic imine (C=N–C) groups is 1. The van der Waals surface area contributed by atoms with Crippen LogP contribution in [0.25, 0.3) is 0 Å². The molecule has 0 fully saturated rings. The molecule has 0 aliphatic carbocycles. The van der Waals surface area contributed by atoms with E-state index in [1.165, 1.54) is 21.8 Å². The van der Waals surface area contributed by atoms with E-state index in [0.717, 1.165) is 50.0 Å². The Labute approximate surface area is 167 Å². The molecule has 0 aromatic carbocycles. The summed E-state index contributed by atoms with van der Waals surface area (Å²) in [4.78, 5) is 9.34. The third kappa shape index (κ3) is 5.44. The van der Waals surface area contributed by atoms with Gasteiger partial charge in [0.05, 0.1) is 10.9 Å². The van der Waals surface area contributed by atoms with Gasteiger partial charge >= 0.3 is 0 Å². The van der Waals surface area contributed by atoms with Gasteiger partial charge < -0.3 is 15.7 Å². The summed E-state index contributed by atoms with van der Waals surface area (Å²) in [7, 11) is 0. The van der Waals surface area contributed by atoms with E-state index in [0.29, 0.717) is 10.9 Å². The summed E-state index contributed by atoms with van der Waals surface area (Å²) in [6, 6.07) is 5.89. The van der Waals surface area contributed by atoms with Crippen molar-refractivity contribution in [1.29, 1.82) is 0 Å². The molecule has 1 atom stereocenters. The normalized spacial score (nSPS) is 16.3. The zero-order valence-electron chi connectivity index (χ0n) is 14.9. The summed E-state index contributed by atoms with van der Waals surface area (Å²) >= 11 is 9.19. The molecule has 5 nitrogen and oxygen atoms in total. The maximum atomic E-state index is 10.2. The van der Waals surface area contributed by atoms with Crippen molar-refractivity contribution in [3.63, 3.8) is 0 Å². The van der Waals surface area contributed by atoms with Crippen molar-refractivity contribution in [2.45, 2.75) is 26.0 Å². The Morgan fingerprint density at radius 3 is 3.04 bits per heavy atom. The minimum absolute atomic E-state index is 0.314. The predicted octanol–water partition coefficient (Wildman–Crippen LogP) is 3.11. The smallest absolute Gasteiger partial charge is 0.191 e. The van der Waals surface area contributed by atoms with Gasteiger partial charge in [0.2, 0.25) is 0 Å². The highest BCUT2D eigenvalue weighted by atomic mass is 35.5. The van der Waals surface area contributed by atoms with Crippen LogP contribution in [0.15, 0.2) is 28.6 Å². The predicted molar refractivity (Wildman–Crippen MR) is 112 cm³/mol. The summed E-state index contributed by atoms with van der Waals surface area (Å²) in [6.07, 6.45) is 0.526. The molecular weight excluding hydrogens is 388 g/mol. The van der Waals surface area contributed by atoms with Crippen molar-refractivity contribution >= 4 is 40.2 Å². The van der Waals surface area contributed by atoms with Gasteiger partial charge in [-0.15, -0.1) is 22.7 Å². The van der Waals surface area contributed by atoms with Gasteiger partial charge in [0, 0.05) is 42.5 Å². The first kappa shape index (κ1) is 19.6. The maximum Gasteiger partial charge on any atom is 0.191 e. The molecule has 1 aliphatic heterocycles. The van der Waals surface area contributed by atoms with Crippen LogP contribution in [0, 0.1) is 0 Å². The lowest BCUT2D eigenvalue weighted by Gasteiger charge is -2.27. The van der Waals surface area contributed by atoms with Crippen molar-refractivity contribution in [2.75, 3.05) is 32.7 Å². The largest absolute Gasteiger partial charge is 0.386 e. The molecule has 1 unspecified atom stereocenters. The van der Waals surface area contributed by atoms with E-state index in [-0.39, 0.29) is 0 Å². The van der Waals surface area contributed by atoms with Crippen molar-refractivity contribution < 1.29 is 5.11 Å². The minimum atomic E-state index is -0.623. The van der Waals surface area contributed by atoms with E-state index in [1.54, 1.807) is 6.07 Å². The van der Waals surface area contributed by atoms with Crippen molar-refractivity contribution in [3.05, 3.63) is 43.2 Å². The monoisotopic (exact) mass is 412 g/mol. The number of fused-ring (bicyclic) bond motifs is 1. The number of nitrogens with zero attached hydrogens (tertiary/aromatic N) is 2. The molecule has 142 valence electrons. The second-order valence-electron chi connectivity index (χ2n) is 6.20. The number of rotatable bonds is 7. The Balaban J connectivity index is 1.46. The molecule has 3 N–H and O–H groups in total. The Hall–Kier alpha value is -1.12. The van der Waals surface area contributed by atoms with Crippen LogP contribution in [0.2, 0.25) is 4.34 Å². The number of halogens is 1. The van der Waals surface area contributed by atoms with Crippen LogP contribution in [0.3, 0.4) is 0 Å². The van der Waals surface area contributed by atoms with E-state index in [4.69, 9.17) is 11.6 Å². The first-order valence-corrected chi connectivity index (χ1v) is 11.0.